The molecule has 0 amide bonds. The Morgan fingerprint density at radius 1 is 1.50 bits per heavy atom. The van der Waals surface area contributed by atoms with E-state index in [0.29, 0.717) is 6.42 Å². The molecule has 3 heteroatoms. The predicted octanol–water partition coefficient (Wildman–Crippen LogP) is 0.860. The van der Waals surface area contributed by atoms with E-state index in [2.05, 4.69) is 4.74 Å². The molecule has 0 bridgehead atoms. The quantitative estimate of drug-likeness (QED) is 0.671. The molecule has 0 aromatic heterocycles. The molecule has 1 aliphatic carbocycles. The molecule has 0 radical (unpaired) electrons. The number of rotatable bonds is 1. The molecule has 2 rings (SSSR count). The Kier molecular flexibility index (Phi) is 2.25. The SMILES string of the molecule is COC(=O)[C@H]1c2ccccc2C[C@H]1O. The molecule has 1 aromatic rings. The Morgan fingerprint density at radius 2 is 2.21 bits per heavy atom. The van der Waals surface area contributed by atoms with Gasteiger partial charge in [-0.1, -0.05) is 24.3 Å². The molecule has 0 saturated carbocycles. The molecule has 3 nitrogen and oxygen atoms in total. The molecule has 0 fully saturated rings. The molecule has 0 heterocycles. The summed E-state index contributed by atoms with van der Waals surface area (Å²) in [7, 11) is 1.34. The van der Waals surface area contributed by atoms with E-state index in [9.17, 15) is 9.90 Å². The highest BCUT2D eigenvalue weighted by Crippen LogP contribution is 2.33. The van der Waals surface area contributed by atoms with Crippen LogP contribution in [0.3, 0.4) is 0 Å². The van der Waals surface area contributed by atoms with Crippen LogP contribution >= 0.6 is 0 Å². The molecule has 14 heavy (non-hydrogen) atoms. The molecule has 0 spiro atoms. The van der Waals surface area contributed by atoms with Crippen LogP contribution < -0.4 is 0 Å². The fraction of sp³-hybridized carbons (Fsp3) is 0.364. The molecule has 74 valence electrons. The van der Waals surface area contributed by atoms with Gasteiger partial charge in [0, 0.05) is 0 Å². The second-order valence-corrected chi connectivity index (χ2v) is 3.47. The molecule has 1 aliphatic rings. The first-order valence-electron chi connectivity index (χ1n) is 4.57. The maximum atomic E-state index is 11.4. The number of ether oxygens (including phenoxy) is 1. The number of benzene rings is 1. The van der Waals surface area contributed by atoms with Crippen LogP contribution in [-0.2, 0) is 16.0 Å². The fourth-order valence-corrected chi connectivity index (χ4v) is 1.98. The minimum atomic E-state index is -0.639. The van der Waals surface area contributed by atoms with E-state index in [4.69, 9.17) is 0 Å². The number of fused-ring (bicyclic) bond motifs is 1. The largest absolute Gasteiger partial charge is 0.468 e. The van der Waals surface area contributed by atoms with Gasteiger partial charge in [-0.05, 0) is 17.5 Å². The van der Waals surface area contributed by atoms with Gasteiger partial charge >= 0.3 is 5.97 Å². The monoisotopic (exact) mass is 192 g/mol. The van der Waals surface area contributed by atoms with E-state index in [0.717, 1.165) is 11.1 Å². The number of aliphatic hydroxyl groups excluding tert-OH is 1. The van der Waals surface area contributed by atoms with Crippen molar-refractivity contribution < 1.29 is 14.6 Å². The number of hydrogen-bond donors (Lipinski definition) is 1. The van der Waals surface area contributed by atoms with Crippen LogP contribution in [0.1, 0.15) is 17.0 Å². The first-order chi connectivity index (χ1) is 6.74. The molecule has 0 aliphatic heterocycles. The number of hydrogen-bond acceptors (Lipinski definition) is 3. The van der Waals surface area contributed by atoms with Crippen molar-refractivity contribution in [3.63, 3.8) is 0 Å². The summed E-state index contributed by atoms with van der Waals surface area (Å²) in [6.45, 7) is 0. The average molecular weight is 192 g/mol. The average Bonchev–Trinajstić information content (AvgIpc) is 2.53. The van der Waals surface area contributed by atoms with Gasteiger partial charge in [-0.25, -0.2) is 0 Å². The van der Waals surface area contributed by atoms with Gasteiger partial charge in [0.25, 0.3) is 0 Å². The van der Waals surface area contributed by atoms with Crippen molar-refractivity contribution in [1.82, 2.24) is 0 Å². The number of methoxy groups -OCH3 is 1. The van der Waals surface area contributed by atoms with E-state index in [1.807, 2.05) is 24.3 Å². The minimum Gasteiger partial charge on any atom is -0.468 e. The summed E-state index contributed by atoms with van der Waals surface area (Å²) in [5.74, 6) is -0.862. The predicted molar refractivity (Wildman–Crippen MR) is 50.9 cm³/mol. The molecule has 0 unspecified atom stereocenters. The molecule has 1 aromatic carbocycles. The molecular formula is C11H12O3. The van der Waals surface area contributed by atoms with E-state index in [1.165, 1.54) is 7.11 Å². The smallest absolute Gasteiger partial charge is 0.315 e. The molecule has 0 saturated heterocycles. The van der Waals surface area contributed by atoms with Crippen LogP contribution in [0.2, 0.25) is 0 Å². The molecular weight excluding hydrogens is 180 g/mol. The van der Waals surface area contributed by atoms with Crippen molar-refractivity contribution in [2.24, 2.45) is 0 Å². The van der Waals surface area contributed by atoms with Crippen LogP contribution in [0.15, 0.2) is 24.3 Å². The van der Waals surface area contributed by atoms with Gasteiger partial charge in [-0.3, -0.25) is 4.79 Å². The van der Waals surface area contributed by atoms with Crippen LogP contribution in [0.4, 0.5) is 0 Å². The lowest BCUT2D eigenvalue weighted by Gasteiger charge is -2.12. The van der Waals surface area contributed by atoms with Crippen LogP contribution in [0.5, 0.6) is 0 Å². The van der Waals surface area contributed by atoms with Crippen LogP contribution in [0.25, 0.3) is 0 Å². The highest BCUT2D eigenvalue weighted by atomic mass is 16.5. The fourth-order valence-electron chi connectivity index (χ4n) is 1.98. The zero-order valence-electron chi connectivity index (χ0n) is 7.93. The van der Waals surface area contributed by atoms with Crippen molar-refractivity contribution in [2.45, 2.75) is 18.4 Å². The van der Waals surface area contributed by atoms with Gasteiger partial charge in [-0.2, -0.15) is 0 Å². The van der Waals surface area contributed by atoms with E-state index < -0.39 is 12.0 Å². The van der Waals surface area contributed by atoms with Crippen LogP contribution in [0, 0.1) is 0 Å². The van der Waals surface area contributed by atoms with Crippen molar-refractivity contribution in [3.05, 3.63) is 35.4 Å². The molecule has 1 N–H and O–H groups in total. The number of esters is 1. The van der Waals surface area contributed by atoms with Gasteiger partial charge in [0.05, 0.1) is 13.2 Å². The first-order valence-corrected chi connectivity index (χ1v) is 4.57. The van der Waals surface area contributed by atoms with Gasteiger partial charge in [0.15, 0.2) is 0 Å². The van der Waals surface area contributed by atoms with Crippen molar-refractivity contribution in [1.29, 1.82) is 0 Å². The van der Waals surface area contributed by atoms with E-state index >= 15 is 0 Å². The van der Waals surface area contributed by atoms with Crippen molar-refractivity contribution in [3.8, 4) is 0 Å². The lowest BCUT2D eigenvalue weighted by Crippen LogP contribution is -2.23. The van der Waals surface area contributed by atoms with Gasteiger partial charge < -0.3 is 9.84 Å². The summed E-state index contributed by atoms with van der Waals surface area (Å²) >= 11 is 0. The third-order valence-corrected chi connectivity index (χ3v) is 2.66. The summed E-state index contributed by atoms with van der Waals surface area (Å²) in [5.41, 5.74) is 1.93. The summed E-state index contributed by atoms with van der Waals surface area (Å²) in [6, 6.07) is 7.58. The Morgan fingerprint density at radius 3 is 2.93 bits per heavy atom. The summed E-state index contributed by atoms with van der Waals surface area (Å²) in [4.78, 5) is 11.4. The number of aliphatic hydroxyl groups is 1. The topological polar surface area (TPSA) is 46.5 Å². The van der Waals surface area contributed by atoms with E-state index in [-0.39, 0.29) is 5.97 Å². The minimum absolute atomic E-state index is 0.359. The highest BCUT2D eigenvalue weighted by molar-refractivity contribution is 5.80. The Balaban J connectivity index is 2.39. The Hall–Kier alpha value is -1.35. The van der Waals surface area contributed by atoms with Gasteiger partial charge in [0.2, 0.25) is 0 Å². The summed E-state index contributed by atoms with van der Waals surface area (Å²) < 4.78 is 4.66. The standard InChI is InChI=1S/C11H12O3/c1-14-11(13)10-8-5-3-2-4-7(8)6-9(10)12/h2-5,9-10,12H,6H2,1H3/t9-,10+/m1/s1. The second kappa shape index (κ2) is 3.42. The maximum Gasteiger partial charge on any atom is 0.315 e. The third-order valence-electron chi connectivity index (χ3n) is 2.66. The van der Waals surface area contributed by atoms with Gasteiger partial charge in [0.1, 0.15) is 5.92 Å². The Labute approximate surface area is 82.3 Å². The van der Waals surface area contributed by atoms with Crippen LogP contribution in [-0.4, -0.2) is 24.3 Å². The highest BCUT2D eigenvalue weighted by Gasteiger charge is 2.36. The summed E-state index contributed by atoms with van der Waals surface area (Å²) in [6.07, 6.45) is -0.101. The van der Waals surface area contributed by atoms with Crippen molar-refractivity contribution in [2.75, 3.05) is 7.11 Å². The lowest BCUT2D eigenvalue weighted by molar-refractivity contribution is -0.144. The summed E-state index contributed by atoms with van der Waals surface area (Å²) in [5, 5.41) is 9.71. The zero-order valence-corrected chi connectivity index (χ0v) is 7.93. The number of carbonyl (C=O) groups excluding carboxylic acids is 1. The third kappa shape index (κ3) is 1.30. The van der Waals surface area contributed by atoms with Gasteiger partial charge in [-0.15, -0.1) is 0 Å². The number of carbonyl (C=O) groups is 1. The first kappa shape index (κ1) is 9.21. The maximum absolute atomic E-state index is 11.4. The normalized spacial score (nSPS) is 24.4. The Bertz CT molecular complexity index is 359. The van der Waals surface area contributed by atoms with Crippen molar-refractivity contribution >= 4 is 5.97 Å². The lowest BCUT2D eigenvalue weighted by atomic mass is 10.0. The second-order valence-electron chi connectivity index (χ2n) is 3.47. The molecule has 2 atom stereocenters. The zero-order chi connectivity index (χ0) is 10.1. The van der Waals surface area contributed by atoms with E-state index in [1.54, 1.807) is 0 Å².